The fraction of sp³-hybridized carbons (Fsp3) is 0.565. The number of rotatable bonds is 12. The van der Waals surface area contributed by atoms with E-state index in [0.29, 0.717) is 0 Å². The highest BCUT2D eigenvalue weighted by Gasteiger charge is 2.33. The minimum atomic E-state index is -1.55. The van der Waals surface area contributed by atoms with Crippen molar-refractivity contribution in [3.8, 4) is 0 Å². The Morgan fingerprint density at radius 2 is 1.89 bits per heavy atom. The van der Waals surface area contributed by atoms with E-state index in [1.165, 1.54) is 25.1 Å². The summed E-state index contributed by atoms with van der Waals surface area (Å²) in [6, 6.07) is 11.8. The second-order valence-corrected chi connectivity index (χ2v) is 12.8. The summed E-state index contributed by atoms with van der Waals surface area (Å²) in [6.07, 6.45) is 8.49. The predicted molar refractivity (Wildman–Crippen MR) is 116 cm³/mol. The van der Waals surface area contributed by atoms with E-state index in [-0.39, 0.29) is 12.1 Å². The molecule has 0 spiro atoms. The van der Waals surface area contributed by atoms with Crippen LogP contribution in [0.25, 0.3) is 0 Å². The Bertz CT molecular complexity index is 701. The van der Waals surface area contributed by atoms with Gasteiger partial charge in [0.05, 0.1) is 11.6 Å². The molecule has 28 heavy (non-hydrogen) atoms. The summed E-state index contributed by atoms with van der Waals surface area (Å²) in [5.74, 6) is -0.230. The van der Waals surface area contributed by atoms with Crippen LogP contribution in [0.2, 0.25) is 18.1 Å². The molecule has 0 saturated heterocycles. The van der Waals surface area contributed by atoms with E-state index < -0.39 is 8.07 Å². The van der Waals surface area contributed by atoms with E-state index in [2.05, 4.69) is 37.9 Å². The summed E-state index contributed by atoms with van der Waals surface area (Å²) in [5, 5.41) is 1.15. The van der Waals surface area contributed by atoms with Crippen molar-refractivity contribution < 1.29 is 13.9 Å². The highest BCUT2D eigenvalue weighted by molar-refractivity contribution is 6.90. The van der Waals surface area contributed by atoms with E-state index in [9.17, 15) is 4.79 Å². The molecule has 0 saturated carbocycles. The molecule has 0 bridgehead atoms. The molecule has 2 aromatic rings. The van der Waals surface area contributed by atoms with E-state index >= 15 is 0 Å². The highest BCUT2D eigenvalue weighted by atomic mass is 28.3. The Kier molecular flexibility index (Phi) is 8.96. The van der Waals surface area contributed by atoms with Gasteiger partial charge in [-0.3, -0.25) is 9.78 Å². The molecule has 1 unspecified atom stereocenters. The zero-order valence-corrected chi connectivity index (χ0v) is 18.9. The van der Waals surface area contributed by atoms with Gasteiger partial charge in [0.1, 0.15) is 14.2 Å². The number of hydrogen-bond acceptors (Lipinski definition) is 4. The monoisotopic (exact) mass is 401 g/mol. The van der Waals surface area contributed by atoms with Crippen molar-refractivity contribution in [3.63, 3.8) is 0 Å². The van der Waals surface area contributed by atoms with Crippen LogP contribution in [0.5, 0.6) is 0 Å². The predicted octanol–water partition coefficient (Wildman–Crippen LogP) is 5.80. The molecule has 154 valence electrons. The third-order valence-corrected chi connectivity index (χ3v) is 11.3. The maximum atomic E-state index is 11.6. The Balaban J connectivity index is 1.95. The smallest absolute Gasteiger partial charge is 0.303 e. The number of unbranched alkanes of at least 4 members (excludes halogenated alkanes) is 2. The normalized spacial score (nSPS) is 12.7. The minimum Gasteiger partial charge on any atom is -0.474 e. The van der Waals surface area contributed by atoms with Crippen molar-refractivity contribution in [2.45, 2.75) is 84.0 Å². The van der Waals surface area contributed by atoms with Crippen molar-refractivity contribution in [1.82, 2.24) is 4.98 Å². The van der Waals surface area contributed by atoms with Gasteiger partial charge in [-0.1, -0.05) is 51.4 Å². The van der Waals surface area contributed by atoms with Crippen molar-refractivity contribution in [3.05, 3.63) is 48.0 Å². The van der Waals surface area contributed by atoms with E-state index in [4.69, 9.17) is 9.15 Å². The topological polar surface area (TPSA) is 52.3 Å². The van der Waals surface area contributed by atoms with Gasteiger partial charge in [-0.25, -0.2) is 0 Å². The molecule has 0 amide bonds. The molecular weight excluding hydrogens is 366 g/mol. The van der Waals surface area contributed by atoms with Crippen LogP contribution < -0.4 is 5.38 Å². The largest absolute Gasteiger partial charge is 0.474 e. The molecule has 5 heteroatoms. The van der Waals surface area contributed by atoms with Gasteiger partial charge >= 0.3 is 5.97 Å². The molecule has 0 aliphatic carbocycles. The van der Waals surface area contributed by atoms with Gasteiger partial charge in [0.2, 0.25) is 0 Å². The Labute approximate surface area is 170 Å². The number of carbonyl (C=O) groups excluding carboxylic acids is 1. The lowest BCUT2D eigenvalue weighted by Gasteiger charge is -2.24. The summed E-state index contributed by atoms with van der Waals surface area (Å²) < 4.78 is 11.6. The van der Waals surface area contributed by atoms with Crippen LogP contribution in [0.3, 0.4) is 0 Å². The van der Waals surface area contributed by atoms with Gasteiger partial charge in [-0.05, 0) is 43.9 Å². The fourth-order valence-corrected chi connectivity index (χ4v) is 7.25. The maximum Gasteiger partial charge on any atom is 0.303 e. The Hall–Kier alpha value is -1.88. The first-order valence-electron chi connectivity index (χ1n) is 10.7. The number of esters is 1. The van der Waals surface area contributed by atoms with E-state index in [0.717, 1.165) is 48.7 Å². The second kappa shape index (κ2) is 11.2. The standard InChI is InChI=1S/C23H35NO3Si/c1-5-28(6-2,7-3)23-17-20(18-26-23)22(27-19(4)25)15-10-8-9-13-21-14-11-12-16-24-21/h11-12,14,16-18,22H,5-10,13,15H2,1-4H3. The molecule has 0 aliphatic rings. The Morgan fingerprint density at radius 1 is 1.14 bits per heavy atom. The number of carbonyl (C=O) groups is 1. The summed E-state index contributed by atoms with van der Waals surface area (Å²) in [4.78, 5) is 16.0. The van der Waals surface area contributed by atoms with Crippen LogP contribution in [0, 0.1) is 0 Å². The average Bonchev–Trinajstić information content (AvgIpc) is 3.20. The number of aromatic nitrogens is 1. The van der Waals surface area contributed by atoms with Crippen LogP contribution in [0.1, 0.15) is 70.7 Å². The zero-order valence-electron chi connectivity index (χ0n) is 17.9. The third-order valence-electron chi connectivity index (χ3n) is 5.98. The van der Waals surface area contributed by atoms with Crippen molar-refractivity contribution in [1.29, 1.82) is 0 Å². The first-order chi connectivity index (χ1) is 13.5. The number of aryl methyl sites for hydroxylation is 1. The first-order valence-corrected chi connectivity index (χ1v) is 13.3. The lowest BCUT2D eigenvalue weighted by molar-refractivity contribution is -0.147. The third kappa shape index (κ3) is 6.06. The molecule has 2 aromatic heterocycles. The van der Waals surface area contributed by atoms with Gasteiger partial charge in [0.15, 0.2) is 0 Å². The van der Waals surface area contributed by atoms with E-state index in [1.54, 1.807) is 0 Å². The zero-order chi connectivity index (χ0) is 20.4. The molecule has 2 heterocycles. The molecule has 0 radical (unpaired) electrons. The van der Waals surface area contributed by atoms with Crippen LogP contribution in [0.15, 0.2) is 41.1 Å². The molecule has 0 N–H and O–H groups in total. The summed E-state index contributed by atoms with van der Waals surface area (Å²) in [7, 11) is -1.55. The molecular formula is C23H35NO3Si. The molecule has 0 fully saturated rings. The maximum absolute atomic E-state index is 11.6. The molecule has 0 aromatic carbocycles. The number of nitrogens with zero attached hydrogens (tertiary/aromatic N) is 1. The average molecular weight is 402 g/mol. The number of hydrogen-bond donors (Lipinski definition) is 0. The lowest BCUT2D eigenvalue weighted by atomic mass is 10.0. The quantitative estimate of drug-likeness (QED) is 0.256. The summed E-state index contributed by atoms with van der Waals surface area (Å²) >= 11 is 0. The second-order valence-electron chi connectivity index (χ2n) is 7.60. The van der Waals surface area contributed by atoms with Gasteiger partial charge in [-0.15, -0.1) is 0 Å². The van der Waals surface area contributed by atoms with Crippen molar-refractivity contribution in [2.75, 3.05) is 0 Å². The number of furan rings is 1. The molecule has 0 aliphatic heterocycles. The van der Waals surface area contributed by atoms with Crippen molar-refractivity contribution in [2.24, 2.45) is 0 Å². The van der Waals surface area contributed by atoms with Gasteiger partial charge in [-0.2, -0.15) is 0 Å². The molecule has 2 rings (SSSR count). The molecule has 4 nitrogen and oxygen atoms in total. The van der Waals surface area contributed by atoms with Gasteiger partial charge in [0, 0.05) is 24.4 Å². The van der Waals surface area contributed by atoms with Crippen LogP contribution in [-0.4, -0.2) is 19.0 Å². The summed E-state index contributed by atoms with van der Waals surface area (Å²) in [5.41, 5.74) is 2.15. The lowest BCUT2D eigenvalue weighted by Crippen LogP contribution is -2.44. The Morgan fingerprint density at radius 3 is 2.50 bits per heavy atom. The van der Waals surface area contributed by atoms with Crippen LogP contribution in [-0.2, 0) is 16.0 Å². The van der Waals surface area contributed by atoms with Gasteiger partial charge in [0.25, 0.3) is 0 Å². The fourth-order valence-electron chi connectivity index (χ4n) is 3.92. The van der Waals surface area contributed by atoms with Crippen LogP contribution in [0.4, 0.5) is 0 Å². The highest BCUT2D eigenvalue weighted by Crippen LogP contribution is 2.27. The SMILES string of the molecule is CC[Si](CC)(CC)c1cc(C(CCCCCc2ccccn2)OC(C)=O)co1. The summed E-state index contributed by atoms with van der Waals surface area (Å²) in [6.45, 7) is 8.30. The molecule has 1 atom stereocenters. The van der Waals surface area contributed by atoms with Crippen LogP contribution >= 0.6 is 0 Å². The minimum absolute atomic E-state index is 0.206. The van der Waals surface area contributed by atoms with Gasteiger partial charge < -0.3 is 9.15 Å². The number of pyridine rings is 1. The van der Waals surface area contributed by atoms with Crippen molar-refractivity contribution >= 4 is 19.4 Å². The number of ether oxygens (including phenoxy) is 1. The first kappa shape index (κ1) is 22.4. The van der Waals surface area contributed by atoms with E-state index in [1.807, 2.05) is 24.6 Å².